The van der Waals surface area contributed by atoms with Gasteiger partial charge in [0.15, 0.2) is 11.5 Å². The lowest BCUT2D eigenvalue weighted by Gasteiger charge is -2.14. The van der Waals surface area contributed by atoms with Crippen molar-refractivity contribution in [1.82, 2.24) is 4.90 Å². The summed E-state index contributed by atoms with van der Waals surface area (Å²) in [6, 6.07) is 14.7. The zero-order valence-corrected chi connectivity index (χ0v) is 23.1. The molecule has 1 saturated heterocycles. The molecule has 0 N–H and O–H groups in total. The number of nitro groups is 1. The molecule has 2 amide bonds. The predicted octanol–water partition coefficient (Wildman–Crippen LogP) is 5.68. The second-order valence-corrected chi connectivity index (χ2v) is 11.4. The molecule has 1 aliphatic heterocycles. The Morgan fingerprint density at radius 3 is 2.42 bits per heavy atom. The number of nitro benzene ring substituents is 1. The molecule has 38 heavy (non-hydrogen) atoms. The van der Waals surface area contributed by atoms with Gasteiger partial charge in [-0.1, -0.05) is 24.3 Å². The van der Waals surface area contributed by atoms with E-state index in [2.05, 4.69) is 15.9 Å². The number of ether oxygens (including phenoxy) is 1. The highest BCUT2D eigenvalue weighted by molar-refractivity contribution is 9.10. The average molecular weight is 619 g/mol. The van der Waals surface area contributed by atoms with Gasteiger partial charge in [0, 0.05) is 12.1 Å². The van der Waals surface area contributed by atoms with Gasteiger partial charge in [0.05, 0.1) is 28.0 Å². The topological polar surface area (TPSA) is 133 Å². The van der Waals surface area contributed by atoms with Crippen molar-refractivity contribution in [3.05, 3.63) is 96.8 Å². The number of benzene rings is 3. The number of carbonyl (C=O) groups excluding carboxylic acids is 2. The van der Waals surface area contributed by atoms with Crippen molar-refractivity contribution in [3.8, 4) is 11.5 Å². The highest BCUT2D eigenvalue weighted by atomic mass is 79.9. The summed E-state index contributed by atoms with van der Waals surface area (Å²) >= 11 is 4.08. The van der Waals surface area contributed by atoms with Crippen molar-refractivity contribution in [2.75, 3.05) is 7.11 Å². The van der Waals surface area contributed by atoms with Crippen molar-refractivity contribution >= 4 is 60.7 Å². The minimum atomic E-state index is -4.36. The standard InChI is InChI=1S/C25H19BrN2O8S2/c1-15-5-3-4-6-17(15)14-27-24(29)22(37-25(27)30)13-16-11-20(26)23(21(12-16)35-2)36-38(33,34)19-9-7-18(8-10-19)28(31)32/h3-13H,14H2,1-2H3/b22-13-. The van der Waals surface area contributed by atoms with Crippen LogP contribution in [0.4, 0.5) is 10.5 Å². The molecule has 3 aromatic carbocycles. The van der Waals surface area contributed by atoms with E-state index < -0.39 is 26.2 Å². The van der Waals surface area contributed by atoms with Gasteiger partial charge in [0.1, 0.15) is 4.90 Å². The SMILES string of the molecule is COc1cc(/C=C2\SC(=O)N(Cc3ccccc3C)C2=O)cc(Br)c1OS(=O)(=O)c1ccc([N+](=O)[O-])cc1. The quantitative estimate of drug-likeness (QED) is 0.135. The van der Waals surface area contributed by atoms with Crippen LogP contribution in [0, 0.1) is 17.0 Å². The van der Waals surface area contributed by atoms with E-state index in [4.69, 9.17) is 8.92 Å². The van der Waals surface area contributed by atoms with Crippen LogP contribution in [0.25, 0.3) is 6.08 Å². The van der Waals surface area contributed by atoms with Crippen LogP contribution in [0.5, 0.6) is 11.5 Å². The van der Waals surface area contributed by atoms with Gasteiger partial charge in [-0.25, -0.2) is 0 Å². The molecular formula is C25H19BrN2O8S2. The fourth-order valence-corrected chi connectivity index (χ4v) is 5.98. The molecule has 0 aliphatic carbocycles. The van der Waals surface area contributed by atoms with Crippen LogP contribution in [-0.4, -0.2) is 36.5 Å². The summed E-state index contributed by atoms with van der Waals surface area (Å²) in [6.07, 6.45) is 1.50. The van der Waals surface area contributed by atoms with E-state index in [-0.39, 0.29) is 38.0 Å². The van der Waals surface area contributed by atoms with Crippen LogP contribution in [-0.2, 0) is 21.5 Å². The van der Waals surface area contributed by atoms with Crippen LogP contribution < -0.4 is 8.92 Å². The third-order valence-electron chi connectivity index (χ3n) is 5.54. The largest absolute Gasteiger partial charge is 0.493 e. The van der Waals surface area contributed by atoms with E-state index in [0.29, 0.717) is 5.56 Å². The summed E-state index contributed by atoms with van der Waals surface area (Å²) in [7, 11) is -3.05. The molecule has 1 fully saturated rings. The van der Waals surface area contributed by atoms with Crippen LogP contribution in [0.15, 0.2) is 74.9 Å². The Hall–Kier alpha value is -3.68. The number of hydrogen-bond acceptors (Lipinski definition) is 9. The second kappa shape index (κ2) is 11.0. The molecule has 0 radical (unpaired) electrons. The fraction of sp³-hybridized carbons (Fsp3) is 0.120. The maximum Gasteiger partial charge on any atom is 0.339 e. The number of nitrogens with zero attached hydrogens (tertiary/aromatic N) is 2. The van der Waals surface area contributed by atoms with E-state index in [9.17, 15) is 28.1 Å². The first-order valence-corrected chi connectivity index (χ1v) is 13.9. The first-order valence-electron chi connectivity index (χ1n) is 10.9. The molecule has 3 aromatic rings. The van der Waals surface area contributed by atoms with Gasteiger partial charge in [-0.3, -0.25) is 24.6 Å². The van der Waals surface area contributed by atoms with Crippen molar-refractivity contribution in [3.63, 3.8) is 0 Å². The highest BCUT2D eigenvalue weighted by Crippen LogP contribution is 2.40. The minimum absolute atomic E-state index is 0.0373. The molecular weight excluding hydrogens is 600 g/mol. The predicted molar refractivity (Wildman–Crippen MR) is 144 cm³/mol. The van der Waals surface area contributed by atoms with E-state index >= 15 is 0 Å². The number of methoxy groups -OCH3 is 1. The average Bonchev–Trinajstić information content (AvgIpc) is 3.14. The van der Waals surface area contributed by atoms with E-state index in [0.717, 1.165) is 47.2 Å². The summed E-state index contributed by atoms with van der Waals surface area (Å²) in [5.74, 6) is -0.565. The van der Waals surface area contributed by atoms with Crippen LogP contribution in [0.2, 0.25) is 0 Å². The molecule has 196 valence electrons. The molecule has 0 aromatic heterocycles. The zero-order chi connectivity index (χ0) is 27.6. The number of rotatable bonds is 8. The van der Waals surface area contributed by atoms with E-state index in [1.54, 1.807) is 0 Å². The molecule has 10 nitrogen and oxygen atoms in total. The van der Waals surface area contributed by atoms with Gasteiger partial charge in [0.25, 0.3) is 16.8 Å². The van der Waals surface area contributed by atoms with Crippen LogP contribution >= 0.6 is 27.7 Å². The molecule has 0 atom stereocenters. The number of non-ortho nitro benzene ring substituents is 1. The number of thioether (sulfide) groups is 1. The van der Waals surface area contributed by atoms with Gasteiger partial charge < -0.3 is 8.92 Å². The Morgan fingerprint density at radius 2 is 1.79 bits per heavy atom. The van der Waals surface area contributed by atoms with Gasteiger partial charge in [-0.15, -0.1) is 0 Å². The summed E-state index contributed by atoms with van der Waals surface area (Å²) in [5.41, 5.74) is 2.00. The van der Waals surface area contributed by atoms with Crippen molar-refractivity contribution in [2.45, 2.75) is 18.4 Å². The molecule has 1 heterocycles. The van der Waals surface area contributed by atoms with Gasteiger partial charge >= 0.3 is 10.1 Å². The fourth-order valence-electron chi connectivity index (χ4n) is 3.54. The van der Waals surface area contributed by atoms with Crippen LogP contribution in [0.3, 0.4) is 0 Å². The molecule has 4 rings (SSSR count). The molecule has 0 spiro atoms. The Bertz CT molecular complexity index is 1590. The van der Waals surface area contributed by atoms with Crippen molar-refractivity contribution in [1.29, 1.82) is 0 Å². The molecule has 1 aliphatic rings. The normalized spacial score (nSPS) is 14.7. The first-order chi connectivity index (χ1) is 18.0. The van der Waals surface area contributed by atoms with Gasteiger partial charge in [-0.05, 0) is 81.6 Å². The Morgan fingerprint density at radius 1 is 1.11 bits per heavy atom. The lowest BCUT2D eigenvalue weighted by molar-refractivity contribution is -0.384. The second-order valence-electron chi connectivity index (χ2n) is 8.02. The number of carbonyl (C=O) groups is 2. The minimum Gasteiger partial charge on any atom is -0.493 e. The third kappa shape index (κ3) is 5.74. The number of halogens is 1. The molecule has 0 saturated carbocycles. The molecule has 0 unspecified atom stereocenters. The number of amides is 2. The maximum absolute atomic E-state index is 13.0. The zero-order valence-electron chi connectivity index (χ0n) is 19.9. The van der Waals surface area contributed by atoms with Crippen molar-refractivity contribution in [2.24, 2.45) is 0 Å². The van der Waals surface area contributed by atoms with Crippen LogP contribution in [0.1, 0.15) is 16.7 Å². The summed E-state index contributed by atoms with van der Waals surface area (Å²) in [4.78, 5) is 36.8. The van der Waals surface area contributed by atoms with Gasteiger partial charge in [-0.2, -0.15) is 8.42 Å². The number of imide groups is 1. The van der Waals surface area contributed by atoms with E-state index in [1.807, 2.05) is 31.2 Å². The lowest BCUT2D eigenvalue weighted by Crippen LogP contribution is -2.27. The number of aryl methyl sites for hydroxylation is 1. The monoisotopic (exact) mass is 618 g/mol. The lowest BCUT2D eigenvalue weighted by atomic mass is 10.1. The molecule has 13 heteroatoms. The maximum atomic E-state index is 13.0. The summed E-state index contributed by atoms with van der Waals surface area (Å²) in [6.45, 7) is 2.05. The smallest absolute Gasteiger partial charge is 0.339 e. The number of hydrogen-bond donors (Lipinski definition) is 0. The van der Waals surface area contributed by atoms with Crippen molar-refractivity contribution < 1.29 is 31.9 Å². The summed E-state index contributed by atoms with van der Waals surface area (Å²) in [5, 5.41) is 10.4. The summed E-state index contributed by atoms with van der Waals surface area (Å²) < 4.78 is 36.4. The Kier molecular flexibility index (Phi) is 7.90. The highest BCUT2D eigenvalue weighted by Gasteiger charge is 2.35. The molecule has 0 bridgehead atoms. The Labute approximate surface area is 230 Å². The van der Waals surface area contributed by atoms with E-state index in [1.165, 1.54) is 30.2 Å². The third-order valence-corrected chi connectivity index (χ3v) is 8.27. The van der Waals surface area contributed by atoms with Gasteiger partial charge in [0.2, 0.25) is 0 Å². The Balaban J connectivity index is 1.59. The first kappa shape index (κ1) is 27.4.